The lowest BCUT2D eigenvalue weighted by molar-refractivity contribution is 0.0660. The molecule has 1 saturated heterocycles. The topological polar surface area (TPSA) is 62.7 Å². The van der Waals surface area contributed by atoms with Crippen molar-refractivity contribution in [2.75, 3.05) is 6.54 Å². The van der Waals surface area contributed by atoms with Crippen molar-refractivity contribution in [3.63, 3.8) is 0 Å². The van der Waals surface area contributed by atoms with Crippen LogP contribution in [0.2, 0.25) is 0 Å². The fraction of sp³-hybridized carbons (Fsp3) is 0.538. The number of alkyl halides is 2. The highest BCUT2D eigenvalue weighted by atomic mass is 19.3. The number of amides is 1. The normalized spacial score (nSPS) is 28.1. The Morgan fingerprint density at radius 3 is 2.80 bits per heavy atom. The van der Waals surface area contributed by atoms with Gasteiger partial charge in [-0.05, 0) is 24.8 Å². The largest absolute Gasteiger partial charge is 0.472 e. The number of ether oxygens (including phenoxy) is 1. The van der Waals surface area contributed by atoms with Gasteiger partial charge in [0.1, 0.15) is 6.10 Å². The van der Waals surface area contributed by atoms with Crippen molar-refractivity contribution in [3.05, 3.63) is 23.9 Å². The minimum Gasteiger partial charge on any atom is -0.472 e. The fourth-order valence-corrected chi connectivity index (χ4v) is 3.06. The molecular weight excluding hydrogens is 270 g/mol. The molecule has 1 N–H and O–H groups in total. The van der Waals surface area contributed by atoms with E-state index in [-0.39, 0.29) is 23.6 Å². The number of pyridine rings is 1. The lowest BCUT2D eigenvalue weighted by Crippen LogP contribution is -2.46. The number of carboxylic acid groups (broad SMARTS) is 1. The molecule has 2 aliphatic rings. The molecule has 0 aromatic carbocycles. The summed E-state index contributed by atoms with van der Waals surface area (Å²) < 4.78 is 30.5. The second kappa shape index (κ2) is 4.88. The van der Waals surface area contributed by atoms with Gasteiger partial charge >= 0.3 is 6.09 Å². The summed E-state index contributed by atoms with van der Waals surface area (Å²) >= 11 is 0. The highest BCUT2D eigenvalue weighted by Crippen LogP contribution is 2.39. The molecule has 3 unspecified atom stereocenters. The van der Waals surface area contributed by atoms with E-state index in [1.807, 2.05) is 0 Å². The van der Waals surface area contributed by atoms with Crippen molar-refractivity contribution >= 4 is 6.09 Å². The van der Waals surface area contributed by atoms with Crippen LogP contribution in [0.4, 0.5) is 13.6 Å². The molecule has 2 heterocycles. The molecule has 1 aliphatic heterocycles. The number of carbonyl (C=O) groups is 1. The zero-order chi connectivity index (χ0) is 14.3. The van der Waals surface area contributed by atoms with Gasteiger partial charge in [0.25, 0.3) is 6.43 Å². The predicted octanol–water partition coefficient (Wildman–Crippen LogP) is 2.54. The standard InChI is InChI=1S/C13H14F2N2O3/c14-12(15)8-1-2-11(16-5-8)20-10-4-7-3-9(10)17(6-7)13(18)19/h1-2,5,7,9-10,12H,3-4,6H2,(H,18,19). The Morgan fingerprint density at radius 2 is 2.25 bits per heavy atom. The monoisotopic (exact) mass is 284 g/mol. The minimum absolute atomic E-state index is 0.155. The quantitative estimate of drug-likeness (QED) is 0.926. The van der Waals surface area contributed by atoms with Crippen LogP contribution in [0.1, 0.15) is 24.8 Å². The summed E-state index contributed by atoms with van der Waals surface area (Å²) in [6.07, 6.45) is -1.07. The van der Waals surface area contributed by atoms with Crippen LogP contribution in [-0.4, -0.2) is 39.8 Å². The summed E-state index contributed by atoms with van der Waals surface area (Å²) in [5.74, 6) is 0.582. The van der Waals surface area contributed by atoms with Crippen LogP contribution in [0, 0.1) is 5.92 Å². The summed E-state index contributed by atoms with van der Waals surface area (Å²) in [5.41, 5.74) is -0.155. The smallest absolute Gasteiger partial charge is 0.407 e. The lowest BCUT2D eigenvalue weighted by atomic mass is 10.1. The molecule has 1 aromatic heterocycles. The molecule has 20 heavy (non-hydrogen) atoms. The number of hydrogen-bond acceptors (Lipinski definition) is 3. The van der Waals surface area contributed by atoms with Gasteiger partial charge in [-0.25, -0.2) is 18.6 Å². The molecule has 5 nitrogen and oxygen atoms in total. The average Bonchev–Trinajstić information content (AvgIpc) is 2.99. The molecule has 1 saturated carbocycles. The SMILES string of the molecule is O=C(O)N1CC2CC(Oc3ccc(C(F)F)cn3)C1C2. The van der Waals surface area contributed by atoms with E-state index < -0.39 is 12.5 Å². The van der Waals surface area contributed by atoms with Gasteiger partial charge in [-0.1, -0.05) is 0 Å². The predicted molar refractivity (Wildman–Crippen MR) is 64.9 cm³/mol. The molecule has 0 radical (unpaired) electrons. The first-order valence-corrected chi connectivity index (χ1v) is 6.45. The van der Waals surface area contributed by atoms with Crippen LogP contribution in [0.5, 0.6) is 5.88 Å². The molecule has 3 atom stereocenters. The zero-order valence-electron chi connectivity index (χ0n) is 10.6. The number of fused-ring (bicyclic) bond motifs is 2. The van der Waals surface area contributed by atoms with Crippen LogP contribution in [0.25, 0.3) is 0 Å². The molecular formula is C13H14F2N2O3. The Labute approximate surface area is 114 Å². The number of piperidine rings is 1. The third kappa shape index (κ3) is 2.28. The van der Waals surface area contributed by atoms with Crippen molar-refractivity contribution < 1.29 is 23.4 Å². The first-order valence-electron chi connectivity index (χ1n) is 6.45. The Hall–Kier alpha value is -1.92. The van der Waals surface area contributed by atoms with E-state index in [2.05, 4.69) is 4.98 Å². The third-order valence-corrected chi connectivity index (χ3v) is 3.95. The van der Waals surface area contributed by atoms with Crippen molar-refractivity contribution in [1.29, 1.82) is 0 Å². The van der Waals surface area contributed by atoms with Crippen LogP contribution in [0.3, 0.4) is 0 Å². The maximum absolute atomic E-state index is 12.4. The fourth-order valence-electron chi connectivity index (χ4n) is 3.06. The van der Waals surface area contributed by atoms with Crippen molar-refractivity contribution in [3.8, 4) is 5.88 Å². The van der Waals surface area contributed by atoms with Gasteiger partial charge < -0.3 is 14.7 Å². The zero-order valence-corrected chi connectivity index (χ0v) is 10.6. The summed E-state index contributed by atoms with van der Waals surface area (Å²) in [4.78, 5) is 16.3. The van der Waals surface area contributed by atoms with Gasteiger partial charge in [0.05, 0.1) is 6.04 Å². The molecule has 2 bridgehead atoms. The van der Waals surface area contributed by atoms with E-state index in [1.54, 1.807) is 0 Å². The van der Waals surface area contributed by atoms with Gasteiger partial charge in [-0.3, -0.25) is 0 Å². The van der Waals surface area contributed by atoms with E-state index in [1.165, 1.54) is 17.0 Å². The second-order valence-electron chi connectivity index (χ2n) is 5.23. The number of likely N-dealkylation sites (tertiary alicyclic amines) is 1. The average molecular weight is 284 g/mol. The maximum Gasteiger partial charge on any atom is 0.407 e. The van der Waals surface area contributed by atoms with Gasteiger partial charge in [0.15, 0.2) is 0 Å². The van der Waals surface area contributed by atoms with Crippen molar-refractivity contribution in [1.82, 2.24) is 9.88 Å². The van der Waals surface area contributed by atoms with Gasteiger partial charge in [0, 0.05) is 24.4 Å². The summed E-state index contributed by atoms with van der Waals surface area (Å²) in [6.45, 7) is 0.553. The van der Waals surface area contributed by atoms with E-state index in [4.69, 9.17) is 9.84 Å². The highest BCUT2D eigenvalue weighted by Gasteiger charge is 2.48. The molecule has 3 rings (SSSR count). The Balaban J connectivity index is 1.68. The van der Waals surface area contributed by atoms with E-state index in [9.17, 15) is 13.6 Å². The lowest BCUT2D eigenvalue weighted by Gasteiger charge is -2.31. The third-order valence-electron chi connectivity index (χ3n) is 3.95. The van der Waals surface area contributed by atoms with Gasteiger partial charge in [-0.2, -0.15) is 0 Å². The summed E-state index contributed by atoms with van der Waals surface area (Å²) in [7, 11) is 0. The first kappa shape index (κ1) is 13.1. The van der Waals surface area contributed by atoms with Crippen LogP contribution in [0.15, 0.2) is 18.3 Å². The Morgan fingerprint density at radius 1 is 1.45 bits per heavy atom. The molecule has 2 fully saturated rings. The Kier molecular flexibility index (Phi) is 3.19. The van der Waals surface area contributed by atoms with Crippen LogP contribution < -0.4 is 4.74 Å². The number of rotatable bonds is 3. The van der Waals surface area contributed by atoms with Crippen LogP contribution >= 0.6 is 0 Å². The van der Waals surface area contributed by atoms with Crippen LogP contribution in [-0.2, 0) is 0 Å². The minimum atomic E-state index is -2.55. The van der Waals surface area contributed by atoms with E-state index in [0.29, 0.717) is 12.5 Å². The summed E-state index contributed by atoms with van der Waals surface area (Å²) in [5, 5.41) is 9.09. The number of nitrogens with zero attached hydrogens (tertiary/aromatic N) is 2. The van der Waals surface area contributed by atoms with Gasteiger partial charge in [0.2, 0.25) is 5.88 Å². The molecule has 7 heteroatoms. The molecule has 0 spiro atoms. The highest BCUT2D eigenvalue weighted by molar-refractivity contribution is 5.66. The number of halogens is 2. The number of hydrogen-bond donors (Lipinski definition) is 1. The summed E-state index contributed by atoms with van der Waals surface area (Å²) in [6, 6.07) is 2.52. The molecule has 1 aromatic rings. The molecule has 1 aliphatic carbocycles. The maximum atomic E-state index is 12.4. The number of aromatic nitrogens is 1. The van der Waals surface area contributed by atoms with Gasteiger partial charge in [-0.15, -0.1) is 0 Å². The second-order valence-corrected chi connectivity index (χ2v) is 5.23. The Bertz CT molecular complexity index is 509. The first-order chi connectivity index (χ1) is 9.54. The molecule has 108 valence electrons. The van der Waals surface area contributed by atoms with Crippen molar-refractivity contribution in [2.45, 2.75) is 31.4 Å². The van der Waals surface area contributed by atoms with Crippen molar-refractivity contribution in [2.24, 2.45) is 5.92 Å². The van der Waals surface area contributed by atoms with E-state index in [0.717, 1.165) is 19.0 Å². The molecule has 1 amide bonds. The van der Waals surface area contributed by atoms with E-state index >= 15 is 0 Å².